The molecule has 7 nitrogen and oxygen atoms in total. The third-order valence-electron chi connectivity index (χ3n) is 2.72. The zero-order valence-corrected chi connectivity index (χ0v) is 10.5. The number of carbonyl (C=O) groups is 1. The van der Waals surface area contributed by atoms with E-state index in [1.165, 1.54) is 12.1 Å². The van der Waals surface area contributed by atoms with Crippen molar-refractivity contribution in [2.75, 3.05) is 13.1 Å². The molecule has 1 amide bonds. The van der Waals surface area contributed by atoms with E-state index in [-0.39, 0.29) is 11.8 Å². The Balaban J connectivity index is 2.02. The van der Waals surface area contributed by atoms with Crippen LogP contribution in [-0.4, -0.2) is 33.5 Å². The molecule has 8 heteroatoms. The molecule has 1 unspecified atom stereocenters. The number of hydrogen-bond acceptors (Lipinski definition) is 5. The minimum atomic E-state index is -3.91. The van der Waals surface area contributed by atoms with Crippen LogP contribution >= 0.6 is 0 Å². The largest absolute Gasteiger partial charge is 0.438 e. The molecule has 0 spiro atoms. The standard InChI is InChI=1S/C10H15N3O4S/c11-18(15,16)9-4-3-8(17-9)10(14)13-7-2-1-5-12-6-7/h3-4,7,12H,1-2,5-6H2,(H,13,14)(H2,11,15,16). The molecule has 0 bridgehead atoms. The Morgan fingerprint density at radius 2 is 2.28 bits per heavy atom. The molecule has 0 aliphatic carbocycles. The number of nitrogens with one attached hydrogen (secondary N) is 2. The number of carbonyl (C=O) groups excluding carboxylic acids is 1. The van der Waals surface area contributed by atoms with Gasteiger partial charge < -0.3 is 15.1 Å². The lowest BCUT2D eigenvalue weighted by atomic mass is 10.1. The lowest BCUT2D eigenvalue weighted by Gasteiger charge is -2.23. The van der Waals surface area contributed by atoms with Gasteiger partial charge in [-0.05, 0) is 31.5 Å². The van der Waals surface area contributed by atoms with Crippen LogP contribution in [0.1, 0.15) is 23.4 Å². The zero-order valence-electron chi connectivity index (χ0n) is 9.68. The average Bonchev–Trinajstić information content (AvgIpc) is 2.79. The summed E-state index contributed by atoms with van der Waals surface area (Å²) in [6.45, 7) is 1.65. The molecule has 0 aromatic carbocycles. The van der Waals surface area contributed by atoms with Gasteiger partial charge in [-0.3, -0.25) is 4.79 Å². The van der Waals surface area contributed by atoms with Gasteiger partial charge in [0.1, 0.15) is 0 Å². The van der Waals surface area contributed by atoms with E-state index in [1.807, 2.05) is 0 Å². The first-order chi connectivity index (χ1) is 8.47. The van der Waals surface area contributed by atoms with Gasteiger partial charge in [-0.25, -0.2) is 13.6 Å². The monoisotopic (exact) mass is 273 g/mol. The fraction of sp³-hybridized carbons (Fsp3) is 0.500. The van der Waals surface area contributed by atoms with E-state index >= 15 is 0 Å². The molecule has 4 N–H and O–H groups in total. The number of piperidine rings is 1. The number of rotatable bonds is 3. The number of amides is 1. The van der Waals surface area contributed by atoms with Crippen molar-refractivity contribution in [3.8, 4) is 0 Å². The van der Waals surface area contributed by atoms with E-state index in [0.717, 1.165) is 19.4 Å². The maximum Gasteiger partial charge on any atom is 0.287 e. The Kier molecular flexibility index (Phi) is 3.69. The first-order valence-corrected chi connectivity index (χ1v) is 7.15. The van der Waals surface area contributed by atoms with Crippen molar-refractivity contribution in [1.29, 1.82) is 0 Å². The number of sulfonamides is 1. The van der Waals surface area contributed by atoms with Gasteiger partial charge in [-0.1, -0.05) is 0 Å². The summed E-state index contributed by atoms with van der Waals surface area (Å²) >= 11 is 0. The fourth-order valence-corrected chi connectivity index (χ4v) is 2.29. The van der Waals surface area contributed by atoms with E-state index < -0.39 is 21.0 Å². The van der Waals surface area contributed by atoms with Gasteiger partial charge in [0, 0.05) is 12.6 Å². The maximum absolute atomic E-state index is 11.8. The molecule has 2 heterocycles. The van der Waals surface area contributed by atoms with Crippen molar-refractivity contribution < 1.29 is 17.6 Å². The highest BCUT2D eigenvalue weighted by molar-refractivity contribution is 7.89. The Morgan fingerprint density at radius 1 is 1.50 bits per heavy atom. The topological polar surface area (TPSA) is 114 Å². The highest BCUT2D eigenvalue weighted by Crippen LogP contribution is 2.12. The fourth-order valence-electron chi connectivity index (χ4n) is 1.83. The lowest BCUT2D eigenvalue weighted by Crippen LogP contribution is -2.45. The number of hydrogen-bond donors (Lipinski definition) is 3. The van der Waals surface area contributed by atoms with Gasteiger partial charge in [0.05, 0.1) is 0 Å². The molecule has 1 fully saturated rings. The first-order valence-electron chi connectivity index (χ1n) is 5.61. The summed E-state index contributed by atoms with van der Waals surface area (Å²) in [6, 6.07) is 2.50. The van der Waals surface area contributed by atoms with Gasteiger partial charge in [0.25, 0.3) is 15.9 Å². The summed E-state index contributed by atoms with van der Waals surface area (Å²) in [7, 11) is -3.91. The van der Waals surface area contributed by atoms with Crippen LogP contribution < -0.4 is 15.8 Å². The van der Waals surface area contributed by atoms with Gasteiger partial charge >= 0.3 is 0 Å². The Bertz CT molecular complexity index is 531. The molecule has 1 saturated heterocycles. The van der Waals surface area contributed by atoms with Crippen molar-refractivity contribution in [1.82, 2.24) is 10.6 Å². The molecule has 1 aliphatic rings. The highest BCUT2D eigenvalue weighted by atomic mass is 32.2. The van der Waals surface area contributed by atoms with E-state index in [2.05, 4.69) is 10.6 Å². The molecule has 100 valence electrons. The third kappa shape index (κ3) is 3.09. The van der Waals surface area contributed by atoms with Crippen LogP contribution in [0.25, 0.3) is 0 Å². The summed E-state index contributed by atoms with van der Waals surface area (Å²) in [5.74, 6) is -0.483. The molecular weight excluding hydrogens is 258 g/mol. The smallest absolute Gasteiger partial charge is 0.287 e. The normalized spacial score (nSPS) is 20.6. The molecule has 0 saturated carbocycles. The second kappa shape index (κ2) is 5.09. The molecular formula is C10H15N3O4S. The van der Waals surface area contributed by atoms with Crippen LogP contribution in [-0.2, 0) is 10.0 Å². The van der Waals surface area contributed by atoms with E-state index in [4.69, 9.17) is 9.56 Å². The van der Waals surface area contributed by atoms with Crippen LogP contribution in [0, 0.1) is 0 Å². The van der Waals surface area contributed by atoms with Crippen molar-refractivity contribution in [2.24, 2.45) is 5.14 Å². The molecule has 1 atom stereocenters. The van der Waals surface area contributed by atoms with Gasteiger partial charge in [-0.15, -0.1) is 0 Å². The van der Waals surface area contributed by atoms with Crippen LogP contribution in [0.4, 0.5) is 0 Å². The molecule has 1 aromatic rings. The van der Waals surface area contributed by atoms with Crippen LogP contribution in [0.2, 0.25) is 0 Å². The Labute approximate surface area is 105 Å². The first kappa shape index (κ1) is 13.1. The van der Waals surface area contributed by atoms with Crippen molar-refractivity contribution >= 4 is 15.9 Å². The highest BCUT2D eigenvalue weighted by Gasteiger charge is 2.20. The average molecular weight is 273 g/mol. The predicted molar refractivity (Wildman–Crippen MR) is 63.4 cm³/mol. The zero-order chi connectivity index (χ0) is 13.2. The Morgan fingerprint density at radius 3 is 2.83 bits per heavy atom. The van der Waals surface area contributed by atoms with Crippen LogP contribution in [0.3, 0.4) is 0 Å². The summed E-state index contributed by atoms with van der Waals surface area (Å²) in [5.41, 5.74) is 0. The van der Waals surface area contributed by atoms with Gasteiger partial charge in [0.2, 0.25) is 5.09 Å². The van der Waals surface area contributed by atoms with Crippen molar-refractivity contribution in [3.05, 3.63) is 17.9 Å². The predicted octanol–water partition coefficient (Wildman–Crippen LogP) is -0.591. The molecule has 2 rings (SSSR count). The quantitative estimate of drug-likeness (QED) is 0.681. The molecule has 1 aromatic heterocycles. The van der Waals surface area contributed by atoms with E-state index in [1.54, 1.807) is 0 Å². The second-order valence-electron chi connectivity index (χ2n) is 4.18. The molecule has 18 heavy (non-hydrogen) atoms. The maximum atomic E-state index is 11.8. The summed E-state index contributed by atoms with van der Waals surface area (Å²) in [5, 5.41) is 10.4. The van der Waals surface area contributed by atoms with Gasteiger partial charge in [-0.2, -0.15) is 0 Å². The van der Waals surface area contributed by atoms with E-state index in [9.17, 15) is 13.2 Å². The lowest BCUT2D eigenvalue weighted by molar-refractivity contribution is 0.0897. The second-order valence-corrected chi connectivity index (χ2v) is 5.67. The summed E-state index contributed by atoms with van der Waals surface area (Å²) in [6.07, 6.45) is 1.88. The Hall–Kier alpha value is -1.38. The van der Waals surface area contributed by atoms with Gasteiger partial charge in [0.15, 0.2) is 5.76 Å². The summed E-state index contributed by atoms with van der Waals surface area (Å²) < 4.78 is 26.9. The number of furan rings is 1. The van der Waals surface area contributed by atoms with Crippen LogP contribution in [0.5, 0.6) is 0 Å². The minimum Gasteiger partial charge on any atom is -0.438 e. The molecule has 0 radical (unpaired) electrons. The SMILES string of the molecule is NS(=O)(=O)c1ccc(C(=O)NC2CCCNC2)o1. The van der Waals surface area contributed by atoms with E-state index in [0.29, 0.717) is 6.54 Å². The summed E-state index contributed by atoms with van der Waals surface area (Å²) in [4.78, 5) is 11.8. The third-order valence-corrected chi connectivity index (χ3v) is 3.50. The molecule has 1 aliphatic heterocycles. The van der Waals surface area contributed by atoms with Crippen molar-refractivity contribution in [3.63, 3.8) is 0 Å². The van der Waals surface area contributed by atoms with Crippen LogP contribution in [0.15, 0.2) is 21.6 Å². The van der Waals surface area contributed by atoms with Crippen molar-refractivity contribution in [2.45, 2.75) is 24.0 Å². The number of primary sulfonamides is 1. The minimum absolute atomic E-state index is 0.0364. The number of nitrogens with two attached hydrogens (primary N) is 1.